The van der Waals surface area contributed by atoms with Crippen LogP contribution in [0.2, 0.25) is 0 Å². The van der Waals surface area contributed by atoms with Crippen LogP contribution in [0.25, 0.3) is 0 Å². The lowest BCUT2D eigenvalue weighted by Gasteiger charge is -2.39. The number of fused-ring (bicyclic) bond motifs is 1. The Kier molecular flexibility index (Phi) is 6.54. The smallest absolute Gasteiger partial charge is 0.237 e. The number of rotatable bonds is 7. The number of methoxy groups -OCH3 is 2. The minimum atomic E-state index is -0.496. The molecule has 1 aliphatic heterocycles. The quantitative estimate of drug-likeness (QED) is 0.765. The first kappa shape index (κ1) is 20.2. The second-order valence-electron chi connectivity index (χ2n) is 6.99. The van der Waals surface area contributed by atoms with Crippen molar-refractivity contribution in [1.82, 2.24) is 10.2 Å². The molecular weight excluding hydrogens is 356 g/mol. The fourth-order valence-electron chi connectivity index (χ4n) is 3.81. The summed E-state index contributed by atoms with van der Waals surface area (Å²) in [5.74, 6) is 1.56. The molecular formula is C22H28N2O4. The summed E-state index contributed by atoms with van der Waals surface area (Å²) in [5, 5.41) is 12.5. The first-order chi connectivity index (χ1) is 13.6. The molecule has 0 spiro atoms. The molecule has 0 saturated carbocycles. The van der Waals surface area contributed by atoms with Crippen molar-refractivity contribution in [2.24, 2.45) is 0 Å². The molecule has 0 aliphatic carbocycles. The van der Waals surface area contributed by atoms with E-state index < -0.39 is 6.10 Å². The zero-order valence-electron chi connectivity index (χ0n) is 16.6. The lowest BCUT2D eigenvalue weighted by Crippen LogP contribution is -2.45. The summed E-state index contributed by atoms with van der Waals surface area (Å²) in [7, 11) is 3.31. The van der Waals surface area contributed by atoms with Gasteiger partial charge in [-0.2, -0.15) is 0 Å². The van der Waals surface area contributed by atoms with Crippen LogP contribution in [0.5, 0.6) is 11.5 Å². The van der Waals surface area contributed by atoms with Crippen molar-refractivity contribution in [3.8, 4) is 11.5 Å². The Labute approximate surface area is 166 Å². The van der Waals surface area contributed by atoms with Crippen LogP contribution in [0.15, 0.2) is 42.5 Å². The molecule has 150 valence electrons. The average Bonchev–Trinajstić information content (AvgIpc) is 2.72. The number of nitrogens with zero attached hydrogens (tertiary/aromatic N) is 1. The standard InChI is InChI=1S/C22H28N2O4/c1-15(25)13-23-14-20(26)24-12-11-17-18(27-2)9-10-19(28-3)21(17)22(24)16-7-5-4-6-8-16/h4-10,15,22-23,25H,11-14H2,1-3H3. The summed E-state index contributed by atoms with van der Waals surface area (Å²) in [4.78, 5) is 14.9. The van der Waals surface area contributed by atoms with Crippen LogP contribution in [0, 0.1) is 0 Å². The number of carbonyl (C=O) groups excluding carboxylic acids is 1. The van der Waals surface area contributed by atoms with Gasteiger partial charge in [0.1, 0.15) is 11.5 Å². The monoisotopic (exact) mass is 384 g/mol. The Hall–Kier alpha value is -2.57. The first-order valence-corrected chi connectivity index (χ1v) is 9.53. The molecule has 0 aromatic heterocycles. The number of amides is 1. The summed E-state index contributed by atoms with van der Waals surface area (Å²) in [6.07, 6.45) is 0.199. The summed E-state index contributed by atoms with van der Waals surface area (Å²) in [6.45, 7) is 2.84. The Balaban J connectivity index is 2.03. The van der Waals surface area contributed by atoms with E-state index in [1.54, 1.807) is 21.1 Å². The van der Waals surface area contributed by atoms with Crippen molar-refractivity contribution in [2.75, 3.05) is 33.9 Å². The van der Waals surface area contributed by atoms with Gasteiger partial charge in [-0.1, -0.05) is 30.3 Å². The van der Waals surface area contributed by atoms with E-state index in [-0.39, 0.29) is 18.5 Å². The summed E-state index contributed by atoms with van der Waals surface area (Å²) < 4.78 is 11.2. The van der Waals surface area contributed by atoms with E-state index in [1.807, 2.05) is 47.4 Å². The molecule has 28 heavy (non-hydrogen) atoms. The van der Waals surface area contributed by atoms with E-state index in [2.05, 4.69) is 5.32 Å². The van der Waals surface area contributed by atoms with Gasteiger partial charge in [-0.25, -0.2) is 0 Å². The topological polar surface area (TPSA) is 71.0 Å². The molecule has 3 rings (SSSR count). The van der Waals surface area contributed by atoms with Gasteiger partial charge in [-0.15, -0.1) is 0 Å². The predicted octanol–water partition coefficient (Wildman–Crippen LogP) is 2.15. The SMILES string of the molecule is COc1ccc(OC)c2c1CCN(C(=O)CNCC(C)O)C2c1ccccc1. The summed E-state index contributed by atoms with van der Waals surface area (Å²) >= 11 is 0. The molecule has 2 aromatic carbocycles. The third-order valence-corrected chi connectivity index (χ3v) is 5.05. The molecule has 2 atom stereocenters. The second-order valence-corrected chi connectivity index (χ2v) is 6.99. The third kappa shape index (κ3) is 4.13. The highest BCUT2D eigenvalue weighted by Crippen LogP contribution is 2.44. The van der Waals surface area contributed by atoms with Crippen molar-refractivity contribution in [2.45, 2.75) is 25.5 Å². The third-order valence-electron chi connectivity index (χ3n) is 5.05. The van der Waals surface area contributed by atoms with Gasteiger partial charge < -0.3 is 24.8 Å². The zero-order chi connectivity index (χ0) is 20.1. The van der Waals surface area contributed by atoms with Gasteiger partial charge in [0.15, 0.2) is 0 Å². The maximum absolute atomic E-state index is 13.0. The Morgan fingerprint density at radius 2 is 1.86 bits per heavy atom. The highest BCUT2D eigenvalue weighted by molar-refractivity contribution is 5.80. The molecule has 0 bridgehead atoms. The number of carbonyl (C=O) groups is 1. The Morgan fingerprint density at radius 1 is 1.18 bits per heavy atom. The number of ether oxygens (including phenoxy) is 2. The van der Waals surface area contributed by atoms with Crippen LogP contribution in [-0.4, -0.2) is 55.9 Å². The van der Waals surface area contributed by atoms with Crippen LogP contribution in [-0.2, 0) is 11.2 Å². The van der Waals surface area contributed by atoms with E-state index >= 15 is 0 Å². The van der Waals surface area contributed by atoms with Crippen molar-refractivity contribution in [3.05, 3.63) is 59.2 Å². The van der Waals surface area contributed by atoms with Gasteiger partial charge in [0, 0.05) is 24.2 Å². The molecule has 1 amide bonds. The number of hydrogen-bond acceptors (Lipinski definition) is 5. The molecule has 1 aliphatic rings. The second kappa shape index (κ2) is 9.08. The molecule has 0 saturated heterocycles. The van der Waals surface area contributed by atoms with E-state index in [0.29, 0.717) is 19.5 Å². The number of aliphatic hydroxyl groups excluding tert-OH is 1. The number of benzene rings is 2. The van der Waals surface area contributed by atoms with E-state index in [0.717, 1.165) is 28.2 Å². The van der Waals surface area contributed by atoms with Crippen LogP contribution < -0.4 is 14.8 Å². The van der Waals surface area contributed by atoms with Crippen molar-refractivity contribution >= 4 is 5.91 Å². The molecule has 6 heteroatoms. The molecule has 2 unspecified atom stereocenters. The van der Waals surface area contributed by atoms with Gasteiger partial charge in [0.2, 0.25) is 5.91 Å². The van der Waals surface area contributed by atoms with Crippen molar-refractivity contribution in [3.63, 3.8) is 0 Å². The Morgan fingerprint density at radius 3 is 2.50 bits per heavy atom. The summed E-state index contributed by atoms with van der Waals surface area (Å²) in [5.41, 5.74) is 3.08. The highest BCUT2D eigenvalue weighted by Gasteiger charge is 2.35. The largest absolute Gasteiger partial charge is 0.496 e. The summed E-state index contributed by atoms with van der Waals surface area (Å²) in [6, 6.07) is 13.5. The Bertz CT molecular complexity index is 808. The van der Waals surface area contributed by atoms with Crippen LogP contribution in [0.1, 0.15) is 29.7 Å². The minimum absolute atomic E-state index is 0.00924. The molecule has 2 N–H and O–H groups in total. The number of aliphatic hydroxyl groups is 1. The maximum atomic E-state index is 13.0. The van der Waals surface area contributed by atoms with Crippen molar-refractivity contribution < 1.29 is 19.4 Å². The lowest BCUT2D eigenvalue weighted by molar-refractivity contribution is -0.132. The molecule has 6 nitrogen and oxygen atoms in total. The fraction of sp³-hybridized carbons (Fsp3) is 0.409. The van der Waals surface area contributed by atoms with Crippen molar-refractivity contribution in [1.29, 1.82) is 0 Å². The molecule has 0 fully saturated rings. The lowest BCUT2D eigenvalue weighted by atomic mass is 9.86. The van der Waals surface area contributed by atoms with Gasteiger partial charge >= 0.3 is 0 Å². The van der Waals surface area contributed by atoms with E-state index in [4.69, 9.17) is 9.47 Å². The predicted molar refractivity (Wildman–Crippen MR) is 108 cm³/mol. The highest BCUT2D eigenvalue weighted by atomic mass is 16.5. The van der Waals surface area contributed by atoms with Crippen LogP contribution in [0.3, 0.4) is 0 Å². The van der Waals surface area contributed by atoms with Gasteiger partial charge in [0.05, 0.1) is 32.9 Å². The minimum Gasteiger partial charge on any atom is -0.496 e. The van der Waals surface area contributed by atoms with E-state index in [1.165, 1.54) is 0 Å². The van der Waals surface area contributed by atoms with E-state index in [9.17, 15) is 9.90 Å². The normalized spacial score (nSPS) is 17.0. The fourth-order valence-corrected chi connectivity index (χ4v) is 3.81. The number of nitrogens with one attached hydrogen (secondary N) is 1. The van der Waals surface area contributed by atoms with Gasteiger partial charge in [0.25, 0.3) is 0 Å². The average molecular weight is 384 g/mol. The zero-order valence-corrected chi connectivity index (χ0v) is 16.6. The first-order valence-electron chi connectivity index (χ1n) is 9.53. The molecule has 2 aromatic rings. The van der Waals surface area contributed by atoms with Gasteiger partial charge in [-0.3, -0.25) is 4.79 Å². The maximum Gasteiger partial charge on any atom is 0.237 e. The molecule has 0 radical (unpaired) electrons. The van der Waals surface area contributed by atoms with Crippen LogP contribution in [0.4, 0.5) is 0 Å². The van der Waals surface area contributed by atoms with Gasteiger partial charge in [-0.05, 0) is 31.0 Å². The number of hydrogen-bond donors (Lipinski definition) is 2. The molecule has 1 heterocycles. The van der Waals surface area contributed by atoms with Crippen LogP contribution >= 0.6 is 0 Å².